The topological polar surface area (TPSA) is 57.0 Å². The molecule has 1 aliphatic rings. The van der Waals surface area contributed by atoms with Gasteiger partial charge in [0.2, 0.25) is 6.79 Å². The van der Waals surface area contributed by atoms with Gasteiger partial charge < -0.3 is 9.47 Å². The quantitative estimate of drug-likeness (QED) is 0.817. The van der Waals surface area contributed by atoms with Crippen molar-refractivity contribution in [1.29, 1.82) is 0 Å². The zero-order valence-electron chi connectivity index (χ0n) is 11.8. The third-order valence-corrected chi connectivity index (χ3v) is 5.34. The van der Waals surface area contributed by atoms with Crippen molar-refractivity contribution >= 4 is 9.84 Å². The molecular weight excluding hydrogens is 302 g/mol. The summed E-state index contributed by atoms with van der Waals surface area (Å²) in [6.45, 7) is 9.29. The zero-order valence-corrected chi connectivity index (χ0v) is 12.6. The van der Waals surface area contributed by atoms with E-state index in [1.54, 1.807) is 30.3 Å². The van der Waals surface area contributed by atoms with Gasteiger partial charge in [0, 0.05) is 0 Å². The van der Waals surface area contributed by atoms with Gasteiger partial charge in [0.1, 0.15) is 0 Å². The average Bonchev–Trinajstić information content (AvgIpc) is 2.96. The zero-order chi connectivity index (χ0) is 15.7. The molecule has 2 aromatic carbocycles. The standard InChI is InChI=1S/C16H13NO4S/c1-11-3-6-13(7-4-11)22(18,19)16(17-2)12-5-8-14-15(9-12)21-10-20-14/h3-9,16H,10H2,1H3/t16-/m1/s1. The largest absolute Gasteiger partial charge is 0.454 e. The molecule has 0 bridgehead atoms. The minimum Gasteiger partial charge on any atom is -0.454 e. The van der Waals surface area contributed by atoms with Gasteiger partial charge in [0.05, 0.1) is 10.5 Å². The number of aryl methyl sites for hydroxylation is 1. The molecular formula is C16H13NO4S. The molecule has 0 aromatic heterocycles. The van der Waals surface area contributed by atoms with E-state index >= 15 is 0 Å². The van der Waals surface area contributed by atoms with E-state index in [9.17, 15) is 8.42 Å². The van der Waals surface area contributed by atoms with Crippen LogP contribution in [-0.2, 0) is 9.84 Å². The van der Waals surface area contributed by atoms with Gasteiger partial charge in [-0.05, 0) is 37.3 Å². The molecule has 0 unspecified atom stereocenters. The van der Waals surface area contributed by atoms with Crippen molar-refractivity contribution in [2.24, 2.45) is 0 Å². The summed E-state index contributed by atoms with van der Waals surface area (Å²) in [6.07, 6.45) is 0. The van der Waals surface area contributed by atoms with Gasteiger partial charge in [0.25, 0.3) is 9.84 Å². The van der Waals surface area contributed by atoms with Gasteiger partial charge in [-0.1, -0.05) is 17.7 Å². The molecule has 0 saturated carbocycles. The summed E-state index contributed by atoms with van der Waals surface area (Å²) in [7, 11) is -3.79. The molecule has 112 valence electrons. The molecule has 2 aromatic rings. The number of benzene rings is 2. The van der Waals surface area contributed by atoms with Crippen molar-refractivity contribution in [1.82, 2.24) is 0 Å². The summed E-state index contributed by atoms with van der Waals surface area (Å²) in [5.41, 5.74) is 1.33. The van der Waals surface area contributed by atoms with E-state index in [-0.39, 0.29) is 11.7 Å². The van der Waals surface area contributed by atoms with Crippen LogP contribution < -0.4 is 9.47 Å². The second-order valence-corrected chi connectivity index (χ2v) is 6.96. The predicted octanol–water partition coefficient (Wildman–Crippen LogP) is 3.12. The van der Waals surface area contributed by atoms with Crippen LogP contribution in [0.15, 0.2) is 47.4 Å². The fourth-order valence-corrected chi connectivity index (χ4v) is 3.66. The monoisotopic (exact) mass is 315 g/mol. The smallest absolute Gasteiger partial charge is 0.350 e. The Morgan fingerprint density at radius 1 is 1.09 bits per heavy atom. The molecule has 6 heteroatoms. The van der Waals surface area contributed by atoms with Gasteiger partial charge in [-0.2, -0.15) is 0 Å². The fourth-order valence-electron chi connectivity index (χ4n) is 2.25. The lowest BCUT2D eigenvalue weighted by Gasteiger charge is -2.09. The Bertz CT molecular complexity index is 851. The van der Waals surface area contributed by atoms with Gasteiger partial charge in [-0.15, -0.1) is 0 Å². The first kappa shape index (κ1) is 14.4. The molecule has 5 nitrogen and oxygen atoms in total. The molecule has 1 atom stereocenters. The van der Waals surface area contributed by atoms with Crippen molar-refractivity contribution in [2.45, 2.75) is 17.2 Å². The van der Waals surface area contributed by atoms with Gasteiger partial charge in [0.15, 0.2) is 11.5 Å². The predicted molar refractivity (Wildman–Crippen MR) is 80.3 cm³/mol. The molecule has 0 amide bonds. The molecule has 0 fully saturated rings. The third-order valence-electron chi connectivity index (χ3n) is 3.44. The lowest BCUT2D eigenvalue weighted by atomic mass is 10.2. The first-order valence-electron chi connectivity index (χ1n) is 6.59. The highest BCUT2D eigenvalue weighted by molar-refractivity contribution is 7.91. The molecule has 0 spiro atoms. The van der Waals surface area contributed by atoms with Crippen LogP contribution in [0.25, 0.3) is 4.85 Å². The van der Waals surface area contributed by atoms with Crippen LogP contribution in [0.2, 0.25) is 0 Å². The van der Waals surface area contributed by atoms with E-state index < -0.39 is 15.2 Å². The van der Waals surface area contributed by atoms with E-state index in [2.05, 4.69) is 4.85 Å². The minimum absolute atomic E-state index is 0.103. The Kier molecular flexibility index (Phi) is 3.51. The molecule has 1 heterocycles. The lowest BCUT2D eigenvalue weighted by molar-refractivity contribution is 0.174. The maximum atomic E-state index is 12.7. The van der Waals surface area contributed by atoms with Crippen molar-refractivity contribution in [3.63, 3.8) is 0 Å². The number of nitrogens with zero attached hydrogens (tertiary/aromatic N) is 1. The Balaban J connectivity index is 2.04. The van der Waals surface area contributed by atoms with Gasteiger partial charge in [-0.25, -0.2) is 15.0 Å². The molecule has 0 aliphatic carbocycles. The first-order valence-corrected chi connectivity index (χ1v) is 8.13. The van der Waals surface area contributed by atoms with Crippen LogP contribution in [0.3, 0.4) is 0 Å². The first-order chi connectivity index (χ1) is 10.5. The Hall–Kier alpha value is -2.52. The number of rotatable bonds is 3. The second kappa shape index (κ2) is 5.35. The number of hydrogen-bond acceptors (Lipinski definition) is 4. The number of hydrogen-bond donors (Lipinski definition) is 0. The van der Waals surface area contributed by atoms with Gasteiger partial charge >= 0.3 is 5.37 Å². The number of ether oxygens (including phenoxy) is 2. The summed E-state index contributed by atoms with van der Waals surface area (Å²) in [4.78, 5) is 3.46. The number of sulfone groups is 1. The molecule has 1 aliphatic heterocycles. The van der Waals surface area contributed by atoms with Crippen molar-refractivity contribution in [3.8, 4) is 11.5 Å². The van der Waals surface area contributed by atoms with Crippen LogP contribution in [0.1, 0.15) is 16.5 Å². The summed E-state index contributed by atoms with van der Waals surface area (Å²) in [5.74, 6) is 1.02. The van der Waals surface area contributed by atoms with Crippen LogP contribution in [0.5, 0.6) is 11.5 Å². The maximum Gasteiger partial charge on any atom is 0.350 e. The normalized spacial score (nSPS) is 14.4. The van der Waals surface area contributed by atoms with E-state index in [0.29, 0.717) is 17.1 Å². The third kappa shape index (κ3) is 2.40. The average molecular weight is 315 g/mol. The molecule has 22 heavy (non-hydrogen) atoms. The summed E-state index contributed by atoms with van der Waals surface area (Å²) in [5, 5.41) is -1.30. The summed E-state index contributed by atoms with van der Waals surface area (Å²) >= 11 is 0. The molecule has 0 N–H and O–H groups in total. The Morgan fingerprint density at radius 3 is 2.45 bits per heavy atom. The Labute approximate surface area is 128 Å². The number of fused-ring (bicyclic) bond motifs is 1. The lowest BCUT2D eigenvalue weighted by Crippen LogP contribution is -2.10. The molecule has 0 radical (unpaired) electrons. The van der Waals surface area contributed by atoms with E-state index in [1.807, 2.05) is 6.92 Å². The highest BCUT2D eigenvalue weighted by Gasteiger charge is 2.35. The maximum absolute atomic E-state index is 12.7. The van der Waals surface area contributed by atoms with Crippen LogP contribution in [0, 0.1) is 13.5 Å². The molecule has 3 rings (SSSR count). The van der Waals surface area contributed by atoms with Crippen LogP contribution in [-0.4, -0.2) is 15.2 Å². The summed E-state index contributed by atoms with van der Waals surface area (Å²) in [6, 6.07) is 11.2. The fraction of sp³-hybridized carbons (Fsp3) is 0.188. The second-order valence-electron chi connectivity index (χ2n) is 4.95. The minimum atomic E-state index is -3.79. The van der Waals surface area contributed by atoms with Crippen molar-refractivity contribution in [3.05, 3.63) is 65.0 Å². The highest BCUT2D eigenvalue weighted by atomic mass is 32.2. The SMILES string of the molecule is [C-]#[N+][C@@H](c1ccc2c(c1)OCO2)S(=O)(=O)c1ccc(C)cc1. The summed E-state index contributed by atoms with van der Waals surface area (Å²) < 4.78 is 35.8. The van der Waals surface area contributed by atoms with Crippen molar-refractivity contribution in [2.75, 3.05) is 6.79 Å². The van der Waals surface area contributed by atoms with Crippen molar-refractivity contribution < 1.29 is 17.9 Å². The van der Waals surface area contributed by atoms with E-state index in [0.717, 1.165) is 5.56 Å². The molecule has 0 saturated heterocycles. The van der Waals surface area contributed by atoms with E-state index in [1.165, 1.54) is 12.1 Å². The van der Waals surface area contributed by atoms with E-state index in [4.69, 9.17) is 16.0 Å². The van der Waals surface area contributed by atoms with Crippen LogP contribution >= 0.6 is 0 Å². The Morgan fingerprint density at radius 2 is 1.77 bits per heavy atom. The highest BCUT2D eigenvalue weighted by Crippen LogP contribution is 2.38. The van der Waals surface area contributed by atoms with Gasteiger partial charge in [-0.3, -0.25) is 4.85 Å². The van der Waals surface area contributed by atoms with Crippen LogP contribution in [0.4, 0.5) is 0 Å².